The predicted octanol–water partition coefficient (Wildman–Crippen LogP) is 0.281. The Hall–Kier alpha value is -0.610. The fraction of sp³-hybridized carbons (Fsp3) is 0.909. The maximum absolute atomic E-state index is 11.4. The molecule has 2 rings (SSSR count). The average molecular weight is 212 g/mol. The number of ether oxygens (including phenoxy) is 1. The van der Waals surface area contributed by atoms with Crippen LogP contribution in [0.4, 0.5) is 0 Å². The van der Waals surface area contributed by atoms with Crippen molar-refractivity contribution in [2.75, 3.05) is 26.2 Å². The Morgan fingerprint density at radius 1 is 1.27 bits per heavy atom. The van der Waals surface area contributed by atoms with Crippen LogP contribution in [0, 0.1) is 5.92 Å². The molecule has 0 aromatic carbocycles. The molecule has 4 nitrogen and oxygen atoms in total. The molecular formula is C11H20N2O2. The van der Waals surface area contributed by atoms with E-state index in [0.717, 1.165) is 38.4 Å². The molecule has 0 aromatic heterocycles. The average Bonchev–Trinajstić information content (AvgIpc) is 3.09. The van der Waals surface area contributed by atoms with Crippen LogP contribution in [0.1, 0.15) is 25.7 Å². The van der Waals surface area contributed by atoms with Crippen LogP contribution in [-0.2, 0) is 9.53 Å². The maximum atomic E-state index is 11.4. The third-order valence-electron chi connectivity index (χ3n) is 3.02. The summed E-state index contributed by atoms with van der Waals surface area (Å²) >= 11 is 0. The van der Waals surface area contributed by atoms with E-state index in [-0.39, 0.29) is 18.6 Å². The summed E-state index contributed by atoms with van der Waals surface area (Å²) in [7, 11) is 0. The van der Waals surface area contributed by atoms with Crippen molar-refractivity contribution in [2.24, 2.45) is 5.92 Å². The lowest BCUT2D eigenvalue weighted by atomic mass is 10.1. The Kier molecular flexibility index (Phi) is 3.97. The first-order valence-electron chi connectivity index (χ1n) is 5.93. The van der Waals surface area contributed by atoms with Gasteiger partial charge in [0.1, 0.15) is 6.61 Å². The van der Waals surface area contributed by atoms with Gasteiger partial charge >= 0.3 is 0 Å². The highest BCUT2D eigenvalue weighted by Crippen LogP contribution is 2.27. The van der Waals surface area contributed by atoms with E-state index in [0.29, 0.717) is 0 Å². The molecule has 2 fully saturated rings. The summed E-state index contributed by atoms with van der Waals surface area (Å²) < 4.78 is 5.55. The molecule has 0 spiro atoms. The molecule has 2 N–H and O–H groups in total. The lowest BCUT2D eigenvalue weighted by molar-refractivity contribution is -0.128. The third-order valence-corrected chi connectivity index (χ3v) is 3.02. The van der Waals surface area contributed by atoms with Gasteiger partial charge in [-0.15, -0.1) is 0 Å². The normalized spacial score (nSPS) is 22.7. The summed E-state index contributed by atoms with van der Waals surface area (Å²) in [5.41, 5.74) is 0. The van der Waals surface area contributed by atoms with Gasteiger partial charge in [-0.25, -0.2) is 0 Å². The van der Waals surface area contributed by atoms with E-state index in [4.69, 9.17) is 4.74 Å². The first-order chi connectivity index (χ1) is 7.34. The SMILES string of the molecule is O=C(COC1CCNCC1)NCC1CC1. The molecule has 1 aliphatic carbocycles. The molecule has 0 atom stereocenters. The van der Waals surface area contributed by atoms with Gasteiger partial charge in [-0.2, -0.15) is 0 Å². The largest absolute Gasteiger partial charge is 0.368 e. The number of carbonyl (C=O) groups is 1. The second-order valence-electron chi connectivity index (χ2n) is 4.51. The number of nitrogens with one attached hydrogen (secondary N) is 2. The third kappa shape index (κ3) is 4.18. The van der Waals surface area contributed by atoms with Gasteiger partial charge < -0.3 is 15.4 Å². The van der Waals surface area contributed by atoms with E-state index < -0.39 is 0 Å². The van der Waals surface area contributed by atoms with Crippen LogP contribution in [0.25, 0.3) is 0 Å². The zero-order valence-electron chi connectivity index (χ0n) is 9.13. The fourth-order valence-corrected chi connectivity index (χ4v) is 1.79. The quantitative estimate of drug-likeness (QED) is 0.688. The lowest BCUT2D eigenvalue weighted by Gasteiger charge is -2.22. The number of amides is 1. The summed E-state index contributed by atoms with van der Waals surface area (Å²) in [5, 5.41) is 6.17. The number of piperidine rings is 1. The molecule has 0 bridgehead atoms. The Morgan fingerprint density at radius 2 is 2.00 bits per heavy atom. The second kappa shape index (κ2) is 5.47. The lowest BCUT2D eigenvalue weighted by Crippen LogP contribution is -2.36. The van der Waals surface area contributed by atoms with Crippen molar-refractivity contribution in [3.05, 3.63) is 0 Å². The minimum Gasteiger partial charge on any atom is -0.368 e. The molecule has 86 valence electrons. The van der Waals surface area contributed by atoms with Crippen LogP contribution in [0.5, 0.6) is 0 Å². The predicted molar refractivity (Wildman–Crippen MR) is 57.6 cm³/mol. The topological polar surface area (TPSA) is 50.4 Å². The monoisotopic (exact) mass is 212 g/mol. The van der Waals surface area contributed by atoms with Crippen LogP contribution in [0.2, 0.25) is 0 Å². The van der Waals surface area contributed by atoms with Crippen molar-refractivity contribution < 1.29 is 9.53 Å². The van der Waals surface area contributed by atoms with Crippen LogP contribution in [-0.4, -0.2) is 38.3 Å². The van der Waals surface area contributed by atoms with Gasteiger partial charge in [0.2, 0.25) is 5.91 Å². The first-order valence-corrected chi connectivity index (χ1v) is 5.93. The van der Waals surface area contributed by atoms with Crippen molar-refractivity contribution in [2.45, 2.75) is 31.8 Å². The summed E-state index contributed by atoms with van der Waals surface area (Å²) in [6.07, 6.45) is 4.87. The van der Waals surface area contributed by atoms with Gasteiger partial charge in [0, 0.05) is 6.54 Å². The Labute approximate surface area is 90.8 Å². The van der Waals surface area contributed by atoms with Gasteiger partial charge in [-0.05, 0) is 44.7 Å². The standard InChI is InChI=1S/C11H20N2O2/c14-11(13-7-9-1-2-9)8-15-10-3-5-12-6-4-10/h9-10,12H,1-8H2,(H,13,14). The molecule has 1 saturated heterocycles. The number of carbonyl (C=O) groups excluding carboxylic acids is 1. The van der Waals surface area contributed by atoms with E-state index in [2.05, 4.69) is 10.6 Å². The van der Waals surface area contributed by atoms with Crippen molar-refractivity contribution >= 4 is 5.91 Å². The van der Waals surface area contributed by atoms with Crippen molar-refractivity contribution in [1.29, 1.82) is 0 Å². The molecule has 4 heteroatoms. The number of rotatable bonds is 5. The zero-order chi connectivity index (χ0) is 10.5. The van der Waals surface area contributed by atoms with Crippen LogP contribution >= 0.6 is 0 Å². The van der Waals surface area contributed by atoms with E-state index in [1.54, 1.807) is 0 Å². The highest BCUT2D eigenvalue weighted by molar-refractivity contribution is 5.77. The Bertz CT molecular complexity index is 211. The highest BCUT2D eigenvalue weighted by Gasteiger charge is 2.22. The second-order valence-corrected chi connectivity index (χ2v) is 4.51. The minimum absolute atomic E-state index is 0.0421. The van der Waals surface area contributed by atoms with E-state index in [1.807, 2.05) is 0 Å². The summed E-state index contributed by atoms with van der Waals surface area (Å²) in [4.78, 5) is 11.4. The Morgan fingerprint density at radius 3 is 2.67 bits per heavy atom. The molecule has 2 aliphatic rings. The number of hydrogen-bond donors (Lipinski definition) is 2. The zero-order valence-corrected chi connectivity index (χ0v) is 9.13. The maximum Gasteiger partial charge on any atom is 0.246 e. The van der Waals surface area contributed by atoms with E-state index in [1.165, 1.54) is 12.8 Å². The van der Waals surface area contributed by atoms with Crippen molar-refractivity contribution in [1.82, 2.24) is 10.6 Å². The van der Waals surface area contributed by atoms with Gasteiger partial charge in [0.15, 0.2) is 0 Å². The summed E-state index contributed by atoms with van der Waals surface area (Å²) in [5.74, 6) is 0.785. The Balaban J connectivity index is 1.53. The molecule has 1 saturated carbocycles. The molecule has 1 amide bonds. The molecular weight excluding hydrogens is 192 g/mol. The molecule has 15 heavy (non-hydrogen) atoms. The van der Waals surface area contributed by atoms with Crippen molar-refractivity contribution in [3.63, 3.8) is 0 Å². The molecule has 1 aliphatic heterocycles. The van der Waals surface area contributed by atoms with Crippen LogP contribution in [0.15, 0.2) is 0 Å². The van der Waals surface area contributed by atoms with E-state index >= 15 is 0 Å². The molecule has 0 aromatic rings. The van der Waals surface area contributed by atoms with Gasteiger partial charge in [0.25, 0.3) is 0 Å². The van der Waals surface area contributed by atoms with Gasteiger partial charge in [0.05, 0.1) is 6.10 Å². The summed E-state index contributed by atoms with van der Waals surface area (Å²) in [6.45, 7) is 3.09. The number of hydrogen-bond acceptors (Lipinski definition) is 3. The fourth-order valence-electron chi connectivity index (χ4n) is 1.79. The smallest absolute Gasteiger partial charge is 0.246 e. The molecule has 0 unspecified atom stereocenters. The first kappa shape index (κ1) is 10.9. The molecule has 1 heterocycles. The van der Waals surface area contributed by atoms with Crippen LogP contribution < -0.4 is 10.6 Å². The van der Waals surface area contributed by atoms with Gasteiger partial charge in [-0.3, -0.25) is 4.79 Å². The van der Waals surface area contributed by atoms with Gasteiger partial charge in [-0.1, -0.05) is 0 Å². The van der Waals surface area contributed by atoms with Crippen molar-refractivity contribution in [3.8, 4) is 0 Å². The minimum atomic E-state index is 0.0421. The summed E-state index contributed by atoms with van der Waals surface area (Å²) in [6, 6.07) is 0. The molecule has 0 radical (unpaired) electrons. The van der Waals surface area contributed by atoms with Crippen LogP contribution in [0.3, 0.4) is 0 Å². The highest BCUT2D eigenvalue weighted by atomic mass is 16.5. The van der Waals surface area contributed by atoms with E-state index in [9.17, 15) is 4.79 Å².